The molecule has 0 aliphatic heterocycles. The van der Waals surface area contributed by atoms with Gasteiger partial charge in [0.1, 0.15) is 0 Å². The Labute approximate surface area is 471 Å². The molecule has 0 unspecified atom stereocenters. The average molecular weight is 1210 g/mol. The number of hydrogen-bond donors (Lipinski definition) is 0. The van der Waals surface area contributed by atoms with Crippen LogP contribution in [-0.2, 0) is 28.8 Å². The van der Waals surface area contributed by atoms with Crippen molar-refractivity contribution in [1.82, 2.24) is 0 Å². The van der Waals surface area contributed by atoms with Crippen LogP contribution in [0.5, 0.6) is 0 Å². The van der Waals surface area contributed by atoms with Gasteiger partial charge >= 0.3 is 51.7 Å². The Morgan fingerprint density at radius 3 is 0.408 bits per heavy atom. The monoisotopic (exact) mass is 1210 g/mol. The summed E-state index contributed by atoms with van der Waals surface area (Å²) < 4.78 is 0. The molecule has 0 aliphatic rings. The van der Waals surface area contributed by atoms with Crippen molar-refractivity contribution in [2.75, 3.05) is 0 Å². The van der Waals surface area contributed by atoms with Crippen molar-refractivity contribution in [2.45, 2.75) is 311 Å². The molecule has 0 fully saturated rings. The van der Waals surface area contributed by atoms with E-state index >= 15 is 0 Å². The van der Waals surface area contributed by atoms with E-state index in [4.69, 9.17) is 0 Å². The van der Waals surface area contributed by atoms with Gasteiger partial charge in [-0.15, -0.1) is 0 Å². The minimum atomic E-state index is -1.80. The quantitative estimate of drug-likeness (QED) is 0.0414. The van der Waals surface area contributed by atoms with Gasteiger partial charge in [-0.3, -0.25) is 0 Å². The molecule has 0 saturated carbocycles. The second kappa shape index (κ2) is 53.4. The fraction of sp³-hybridized carbons (Fsp3) is 0.895. The molecular weight excluding hydrogens is 1110 g/mol. The molecule has 0 heterocycles. The van der Waals surface area contributed by atoms with Gasteiger partial charge in [0.25, 0.3) is 0 Å². The maximum Gasteiger partial charge on any atom is 3.00 e. The van der Waals surface area contributed by atoms with E-state index in [1.165, 1.54) is 38.5 Å². The van der Waals surface area contributed by atoms with E-state index in [1.54, 1.807) is 0 Å². The molecule has 408 valence electrons. The number of rotatable bonds is 48. The zero-order valence-corrected chi connectivity index (χ0v) is 52.8. The standard InChI is InChI=1S/3C19H36O4.2In/c3*1-3-5-7-9-11-13-15-19(17(20)21,18(22)23)16-14-12-10-8-6-4-2;;/h3*3-16H2,1-2H3,(H,20,21)(H,22,23);;/q;;;2*+3/p-6. The van der Waals surface area contributed by atoms with Gasteiger partial charge in [0.15, 0.2) is 0 Å². The van der Waals surface area contributed by atoms with Crippen molar-refractivity contribution < 1.29 is 59.4 Å². The van der Waals surface area contributed by atoms with Crippen LogP contribution in [0.2, 0.25) is 0 Å². The smallest absolute Gasteiger partial charge is 0.549 e. The third-order valence-electron chi connectivity index (χ3n) is 14.1. The van der Waals surface area contributed by atoms with Crippen LogP contribution < -0.4 is 30.6 Å². The first-order valence-electron chi connectivity index (χ1n) is 28.3. The molecule has 0 bridgehead atoms. The van der Waals surface area contributed by atoms with E-state index in [0.717, 1.165) is 154 Å². The van der Waals surface area contributed by atoms with Crippen LogP contribution in [0.1, 0.15) is 311 Å². The Balaban J connectivity index is -0.000000302. The van der Waals surface area contributed by atoms with Crippen LogP contribution in [0, 0.1) is 16.2 Å². The van der Waals surface area contributed by atoms with E-state index < -0.39 is 52.1 Å². The summed E-state index contributed by atoms with van der Waals surface area (Å²) in [6.45, 7) is 12.8. The molecule has 0 aromatic rings. The van der Waals surface area contributed by atoms with E-state index in [9.17, 15) is 59.4 Å². The predicted molar refractivity (Wildman–Crippen MR) is 277 cm³/mol. The molecule has 0 aromatic heterocycles. The molecule has 0 N–H and O–H groups in total. The summed E-state index contributed by atoms with van der Waals surface area (Å²) in [7, 11) is 0. The van der Waals surface area contributed by atoms with E-state index in [-0.39, 0.29) is 90.2 Å². The zero-order chi connectivity index (χ0) is 52.7. The fourth-order valence-electron chi connectivity index (χ4n) is 9.09. The summed E-state index contributed by atoms with van der Waals surface area (Å²) in [5.74, 6) is -8.84. The Bertz CT molecular complexity index is 1050. The van der Waals surface area contributed by atoms with Crippen molar-refractivity contribution in [3.05, 3.63) is 0 Å². The van der Waals surface area contributed by atoms with Crippen molar-refractivity contribution in [1.29, 1.82) is 0 Å². The molecule has 0 rings (SSSR count). The van der Waals surface area contributed by atoms with Gasteiger partial charge in [-0.25, -0.2) is 0 Å². The fourth-order valence-corrected chi connectivity index (χ4v) is 9.09. The predicted octanol–water partition coefficient (Wildman–Crippen LogP) is 8.16. The molecule has 71 heavy (non-hydrogen) atoms. The van der Waals surface area contributed by atoms with Gasteiger partial charge in [-0.1, -0.05) is 273 Å². The van der Waals surface area contributed by atoms with Crippen molar-refractivity contribution >= 4 is 87.5 Å². The second-order valence-corrected chi connectivity index (χ2v) is 20.1. The van der Waals surface area contributed by atoms with Crippen LogP contribution in [0.3, 0.4) is 0 Å². The molecule has 12 nitrogen and oxygen atoms in total. The maximum absolute atomic E-state index is 11.5. The molecular formula is C57H102In2O12. The topological polar surface area (TPSA) is 241 Å². The van der Waals surface area contributed by atoms with Gasteiger partial charge in [0.2, 0.25) is 0 Å². The van der Waals surface area contributed by atoms with Gasteiger partial charge in [-0.05, 0) is 38.5 Å². The number of carboxylic acid groups (broad SMARTS) is 6. The van der Waals surface area contributed by atoms with Crippen LogP contribution in [0.25, 0.3) is 0 Å². The summed E-state index contributed by atoms with van der Waals surface area (Å²) >= 11 is 0. The van der Waals surface area contributed by atoms with E-state index in [0.29, 0.717) is 38.5 Å². The average Bonchev–Trinajstić information content (AvgIpc) is 3.30. The minimum absolute atomic E-state index is 0. The van der Waals surface area contributed by atoms with Gasteiger partial charge < -0.3 is 59.4 Å². The van der Waals surface area contributed by atoms with Crippen LogP contribution in [0.15, 0.2) is 0 Å². The van der Waals surface area contributed by atoms with Crippen LogP contribution in [0.4, 0.5) is 0 Å². The molecule has 0 saturated heterocycles. The Morgan fingerprint density at radius 1 is 0.211 bits per heavy atom. The molecule has 14 heteroatoms. The van der Waals surface area contributed by atoms with Crippen molar-refractivity contribution in [3.8, 4) is 0 Å². The summed E-state index contributed by atoms with van der Waals surface area (Å²) in [5.41, 5.74) is -5.39. The van der Waals surface area contributed by atoms with Gasteiger partial charge in [-0.2, -0.15) is 0 Å². The van der Waals surface area contributed by atoms with E-state index in [1.807, 2.05) is 0 Å². The second-order valence-electron chi connectivity index (χ2n) is 20.1. The molecule has 0 amide bonds. The molecule has 0 radical (unpaired) electrons. The molecule has 0 atom stereocenters. The number of unbranched alkanes of at least 4 members (excludes halogenated alkanes) is 30. The molecule has 0 aromatic carbocycles. The third-order valence-corrected chi connectivity index (χ3v) is 14.1. The number of carbonyl (C=O) groups is 6. The summed E-state index contributed by atoms with van der Waals surface area (Å²) in [5, 5.41) is 68.8. The van der Waals surface area contributed by atoms with Gasteiger partial charge in [0.05, 0.1) is 35.8 Å². The number of hydrogen-bond acceptors (Lipinski definition) is 12. The first-order valence-corrected chi connectivity index (χ1v) is 28.3. The first kappa shape index (κ1) is 78.4. The third kappa shape index (κ3) is 38.7. The number of carbonyl (C=O) groups excluding carboxylic acids is 6. The maximum atomic E-state index is 11.5. The van der Waals surface area contributed by atoms with Crippen LogP contribution >= 0.6 is 0 Å². The van der Waals surface area contributed by atoms with Gasteiger partial charge in [0, 0.05) is 16.2 Å². The summed E-state index contributed by atoms with van der Waals surface area (Å²) in [6.07, 6.45) is 36.6. The Kier molecular flexibility index (Phi) is 59.0. The first-order chi connectivity index (χ1) is 33.0. The molecule has 0 aliphatic carbocycles. The number of aliphatic carboxylic acids is 6. The van der Waals surface area contributed by atoms with Crippen LogP contribution in [-0.4, -0.2) is 87.5 Å². The zero-order valence-electron chi connectivity index (χ0n) is 46.3. The van der Waals surface area contributed by atoms with E-state index in [2.05, 4.69) is 41.5 Å². The number of carboxylic acids is 6. The van der Waals surface area contributed by atoms with Crippen molar-refractivity contribution in [2.24, 2.45) is 16.2 Å². The Morgan fingerprint density at radius 2 is 0.310 bits per heavy atom. The minimum Gasteiger partial charge on any atom is -0.549 e. The normalized spacial score (nSPS) is 11.2. The SMILES string of the molecule is CCCCCCCCC(CCCCCCCC)(C(=O)[O-])C(=O)[O-].CCCCCCCCC(CCCCCCCC)(C(=O)[O-])C(=O)[O-].CCCCCCCCC(CCCCCCCC)(C(=O)[O-])C(=O)[O-].[In+3].[In+3]. The van der Waals surface area contributed by atoms with Crippen molar-refractivity contribution in [3.63, 3.8) is 0 Å². The Hall–Kier alpha value is -1.44. The summed E-state index contributed by atoms with van der Waals surface area (Å²) in [4.78, 5) is 68.8. The largest absolute Gasteiger partial charge is 3.00 e. The summed E-state index contributed by atoms with van der Waals surface area (Å²) in [6, 6.07) is 0. The molecule has 0 spiro atoms.